The Labute approximate surface area is 113 Å². The molecule has 0 aromatic heterocycles. The Morgan fingerprint density at radius 3 is 1.89 bits per heavy atom. The van der Waals surface area contributed by atoms with Gasteiger partial charge in [0, 0.05) is 0 Å². The summed E-state index contributed by atoms with van der Waals surface area (Å²) in [6.07, 6.45) is 2.46. The van der Waals surface area contributed by atoms with Crippen molar-refractivity contribution < 1.29 is 25.9 Å². The molecule has 0 aliphatic carbocycles. The highest BCUT2D eigenvalue weighted by molar-refractivity contribution is 7.86. The number of rotatable bonds is 7. The first-order valence-corrected chi connectivity index (χ1v) is 8.75. The van der Waals surface area contributed by atoms with Crippen LogP contribution in [0.1, 0.15) is 24.8 Å². The molecule has 0 heterocycles. The van der Waals surface area contributed by atoms with E-state index in [9.17, 15) is 16.8 Å². The molecule has 1 rings (SSSR count). The van der Waals surface area contributed by atoms with Gasteiger partial charge in [0.2, 0.25) is 0 Å². The van der Waals surface area contributed by atoms with Gasteiger partial charge in [-0.25, -0.2) is 0 Å². The molecule has 19 heavy (non-hydrogen) atoms. The molecule has 0 aliphatic heterocycles. The largest absolute Gasteiger partial charge is 0.294 e. The summed E-state index contributed by atoms with van der Waals surface area (Å²) < 4.78 is 59.9. The molecular weight excluding hydrogens is 292 g/mol. The van der Waals surface area contributed by atoms with Gasteiger partial charge in [0.05, 0.1) is 10.6 Å². The third kappa shape index (κ3) is 6.67. The van der Waals surface area contributed by atoms with Gasteiger partial charge in [0.25, 0.3) is 20.2 Å². The predicted molar refractivity (Wildman–Crippen MR) is 70.2 cm³/mol. The lowest BCUT2D eigenvalue weighted by Gasteiger charge is -2.02. The first-order chi connectivity index (χ1) is 8.68. The molecule has 2 N–H and O–H groups in total. The van der Waals surface area contributed by atoms with Crippen molar-refractivity contribution >= 4 is 20.2 Å². The Hall–Kier alpha value is -0.960. The second-order valence-electron chi connectivity index (χ2n) is 4.22. The van der Waals surface area contributed by atoms with Crippen LogP contribution in [-0.2, 0) is 26.7 Å². The zero-order valence-electron chi connectivity index (χ0n) is 10.2. The summed E-state index contributed by atoms with van der Waals surface area (Å²) in [7, 11) is -8.05. The molecule has 0 amide bonds. The Morgan fingerprint density at radius 1 is 0.842 bits per heavy atom. The average Bonchev–Trinajstić information content (AvgIpc) is 2.26. The average molecular weight is 308 g/mol. The SMILES string of the molecule is O=S(=O)(O)CCCCCc1ccc(S(=O)(=O)O)cc1. The maximum Gasteiger partial charge on any atom is 0.294 e. The molecule has 0 aliphatic rings. The molecular formula is C11H16O6S2. The molecule has 0 saturated heterocycles. The lowest BCUT2D eigenvalue weighted by molar-refractivity contribution is 0.478. The Kier molecular flexibility index (Phi) is 5.48. The van der Waals surface area contributed by atoms with Gasteiger partial charge < -0.3 is 0 Å². The van der Waals surface area contributed by atoms with E-state index in [0.29, 0.717) is 19.3 Å². The van der Waals surface area contributed by atoms with E-state index < -0.39 is 20.2 Å². The van der Waals surface area contributed by atoms with Crippen molar-refractivity contribution in [1.82, 2.24) is 0 Å². The van der Waals surface area contributed by atoms with Crippen LogP contribution >= 0.6 is 0 Å². The second kappa shape index (κ2) is 6.47. The van der Waals surface area contributed by atoms with E-state index in [4.69, 9.17) is 9.11 Å². The summed E-state index contributed by atoms with van der Waals surface area (Å²) in [6, 6.07) is 5.85. The first-order valence-electron chi connectivity index (χ1n) is 5.70. The number of benzene rings is 1. The van der Waals surface area contributed by atoms with Gasteiger partial charge in [-0.2, -0.15) is 16.8 Å². The molecule has 0 unspecified atom stereocenters. The zero-order chi connectivity index (χ0) is 14.5. The van der Waals surface area contributed by atoms with Gasteiger partial charge >= 0.3 is 0 Å². The summed E-state index contributed by atoms with van der Waals surface area (Å²) in [4.78, 5) is -0.150. The Bertz CT molecular complexity index is 601. The molecule has 108 valence electrons. The highest BCUT2D eigenvalue weighted by Gasteiger charge is 2.08. The topological polar surface area (TPSA) is 109 Å². The van der Waals surface area contributed by atoms with Crippen molar-refractivity contribution in [3.63, 3.8) is 0 Å². The van der Waals surface area contributed by atoms with Crippen molar-refractivity contribution in [3.8, 4) is 0 Å². The number of hydrogen-bond donors (Lipinski definition) is 2. The van der Waals surface area contributed by atoms with E-state index in [1.54, 1.807) is 12.1 Å². The Morgan fingerprint density at radius 2 is 1.42 bits per heavy atom. The lowest BCUT2D eigenvalue weighted by Crippen LogP contribution is -2.03. The molecule has 1 aromatic carbocycles. The van der Waals surface area contributed by atoms with Gasteiger partial charge in [0.15, 0.2) is 0 Å². The van der Waals surface area contributed by atoms with Gasteiger partial charge in [-0.1, -0.05) is 18.6 Å². The minimum atomic E-state index is -4.16. The van der Waals surface area contributed by atoms with Crippen LogP contribution < -0.4 is 0 Å². The van der Waals surface area contributed by atoms with E-state index >= 15 is 0 Å². The monoisotopic (exact) mass is 308 g/mol. The van der Waals surface area contributed by atoms with Crippen LogP contribution in [0.25, 0.3) is 0 Å². The molecule has 0 spiro atoms. The third-order valence-electron chi connectivity index (χ3n) is 2.59. The van der Waals surface area contributed by atoms with E-state index in [1.165, 1.54) is 12.1 Å². The van der Waals surface area contributed by atoms with Crippen molar-refractivity contribution in [3.05, 3.63) is 29.8 Å². The minimum absolute atomic E-state index is 0.150. The first kappa shape index (κ1) is 16.1. The molecule has 0 fully saturated rings. The van der Waals surface area contributed by atoms with Crippen LogP contribution in [0, 0.1) is 0 Å². The number of unbranched alkanes of at least 4 members (excludes halogenated alkanes) is 2. The fourth-order valence-corrected chi connectivity index (χ4v) is 2.67. The van der Waals surface area contributed by atoms with Crippen LogP contribution in [0.5, 0.6) is 0 Å². The van der Waals surface area contributed by atoms with Crippen LogP contribution in [-0.4, -0.2) is 31.7 Å². The minimum Gasteiger partial charge on any atom is -0.286 e. The number of aryl methyl sites for hydroxylation is 1. The van der Waals surface area contributed by atoms with Gasteiger partial charge in [-0.15, -0.1) is 0 Å². The van der Waals surface area contributed by atoms with Crippen molar-refractivity contribution in [2.45, 2.75) is 30.6 Å². The molecule has 0 bridgehead atoms. The molecule has 6 nitrogen and oxygen atoms in total. The maximum atomic E-state index is 10.8. The van der Waals surface area contributed by atoms with Crippen molar-refractivity contribution in [2.75, 3.05) is 5.75 Å². The quantitative estimate of drug-likeness (QED) is 0.584. The summed E-state index contributed by atoms with van der Waals surface area (Å²) in [5.74, 6) is -0.241. The highest BCUT2D eigenvalue weighted by atomic mass is 32.2. The molecule has 0 atom stereocenters. The van der Waals surface area contributed by atoms with Crippen LogP contribution in [0.3, 0.4) is 0 Å². The highest BCUT2D eigenvalue weighted by Crippen LogP contribution is 2.12. The van der Waals surface area contributed by atoms with Gasteiger partial charge in [-0.3, -0.25) is 9.11 Å². The maximum absolute atomic E-state index is 10.8. The summed E-state index contributed by atoms with van der Waals surface area (Å²) in [5, 5.41) is 0. The number of hydrogen-bond acceptors (Lipinski definition) is 4. The summed E-state index contributed by atoms with van der Waals surface area (Å²) in [6.45, 7) is 0. The molecule has 1 aromatic rings. The van der Waals surface area contributed by atoms with Crippen LogP contribution in [0.15, 0.2) is 29.2 Å². The van der Waals surface area contributed by atoms with Crippen molar-refractivity contribution in [1.29, 1.82) is 0 Å². The fourth-order valence-electron chi connectivity index (χ4n) is 1.62. The predicted octanol–water partition coefficient (Wildman–Crippen LogP) is 1.53. The summed E-state index contributed by atoms with van der Waals surface area (Å²) in [5.41, 5.74) is 0.902. The fraction of sp³-hybridized carbons (Fsp3) is 0.455. The standard InChI is InChI=1S/C11H16O6S2/c12-18(13,14)9-3-1-2-4-10-5-7-11(8-6-10)19(15,16)17/h5-8H,1-4,9H2,(H,12,13,14)(H,15,16,17). The van der Waals surface area contributed by atoms with E-state index in [2.05, 4.69) is 0 Å². The normalized spacial score (nSPS) is 12.5. The lowest BCUT2D eigenvalue weighted by atomic mass is 10.1. The summed E-state index contributed by atoms with van der Waals surface area (Å²) >= 11 is 0. The molecule has 0 radical (unpaired) electrons. The van der Waals surface area contributed by atoms with Gasteiger partial charge in [-0.05, 0) is 37.0 Å². The molecule has 8 heteroatoms. The van der Waals surface area contributed by atoms with Crippen LogP contribution in [0.4, 0.5) is 0 Å². The van der Waals surface area contributed by atoms with Crippen molar-refractivity contribution in [2.24, 2.45) is 0 Å². The second-order valence-corrected chi connectivity index (χ2v) is 7.21. The third-order valence-corrected chi connectivity index (χ3v) is 4.26. The zero-order valence-corrected chi connectivity index (χ0v) is 11.8. The Balaban J connectivity index is 2.39. The van der Waals surface area contributed by atoms with Crippen LogP contribution in [0.2, 0.25) is 0 Å². The van der Waals surface area contributed by atoms with Gasteiger partial charge in [0.1, 0.15) is 0 Å². The van der Waals surface area contributed by atoms with E-state index in [-0.39, 0.29) is 10.6 Å². The van der Waals surface area contributed by atoms with E-state index in [0.717, 1.165) is 12.0 Å². The molecule has 0 saturated carbocycles. The smallest absolute Gasteiger partial charge is 0.286 e. The van der Waals surface area contributed by atoms with E-state index in [1.807, 2.05) is 0 Å².